The van der Waals surface area contributed by atoms with E-state index in [0.29, 0.717) is 0 Å². The van der Waals surface area contributed by atoms with Crippen LogP contribution in [0.15, 0.2) is 36.7 Å². The molecule has 14 heavy (non-hydrogen) atoms. The molecule has 0 aliphatic heterocycles. The van der Waals surface area contributed by atoms with Crippen molar-refractivity contribution in [3.8, 4) is 5.69 Å². The van der Waals surface area contributed by atoms with Gasteiger partial charge >= 0.3 is 0 Å². The Bertz CT molecular complexity index is 414. The standard InChI is InChI=1S/C11H13N3/c1-2-9-7-13-14(8-9)11-5-3-10(12)4-6-11/h3-8H,2,12H2,1H3. The smallest absolute Gasteiger partial charge is 0.0647 e. The van der Waals surface area contributed by atoms with E-state index in [1.807, 2.05) is 41.3 Å². The summed E-state index contributed by atoms with van der Waals surface area (Å²) in [6.07, 6.45) is 4.93. The SMILES string of the molecule is CCc1cnn(-c2ccc(N)cc2)c1. The van der Waals surface area contributed by atoms with Gasteiger partial charge in [0.1, 0.15) is 0 Å². The topological polar surface area (TPSA) is 43.8 Å². The first kappa shape index (κ1) is 8.81. The molecule has 0 atom stereocenters. The normalized spacial score (nSPS) is 10.4. The van der Waals surface area contributed by atoms with Crippen LogP contribution in [0, 0.1) is 0 Å². The molecule has 2 aromatic rings. The van der Waals surface area contributed by atoms with E-state index in [0.717, 1.165) is 17.8 Å². The molecule has 2 rings (SSSR count). The summed E-state index contributed by atoms with van der Waals surface area (Å²) in [6, 6.07) is 7.68. The molecule has 0 saturated heterocycles. The lowest BCUT2D eigenvalue weighted by molar-refractivity contribution is 0.880. The molecule has 1 aromatic carbocycles. The Kier molecular flexibility index (Phi) is 2.23. The van der Waals surface area contributed by atoms with Crippen LogP contribution in [0.25, 0.3) is 5.69 Å². The average molecular weight is 187 g/mol. The van der Waals surface area contributed by atoms with E-state index in [1.165, 1.54) is 5.56 Å². The highest BCUT2D eigenvalue weighted by atomic mass is 15.3. The summed E-state index contributed by atoms with van der Waals surface area (Å²) in [4.78, 5) is 0. The van der Waals surface area contributed by atoms with E-state index in [4.69, 9.17) is 5.73 Å². The van der Waals surface area contributed by atoms with Crippen molar-refractivity contribution in [2.75, 3.05) is 5.73 Å². The summed E-state index contributed by atoms with van der Waals surface area (Å²) in [5.74, 6) is 0. The Morgan fingerprint density at radius 2 is 2.00 bits per heavy atom. The zero-order valence-electron chi connectivity index (χ0n) is 8.14. The van der Waals surface area contributed by atoms with Gasteiger partial charge in [-0.15, -0.1) is 0 Å². The van der Waals surface area contributed by atoms with Gasteiger partial charge in [0.2, 0.25) is 0 Å². The lowest BCUT2D eigenvalue weighted by Crippen LogP contribution is -1.94. The Hall–Kier alpha value is -1.77. The molecule has 0 spiro atoms. The number of aromatic nitrogens is 2. The van der Waals surface area contributed by atoms with Crippen molar-refractivity contribution in [2.24, 2.45) is 0 Å². The monoisotopic (exact) mass is 187 g/mol. The minimum Gasteiger partial charge on any atom is -0.399 e. The predicted molar refractivity (Wildman–Crippen MR) is 57.4 cm³/mol. The van der Waals surface area contributed by atoms with Crippen molar-refractivity contribution in [2.45, 2.75) is 13.3 Å². The molecule has 3 heteroatoms. The number of nitrogens with two attached hydrogens (primary N) is 1. The van der Waals surface area contributed by atoms with E-state index in [-0.39, 0.29) is 0 Å². The Morgan fingerprint density at radius 3 is 2.57 bits per heavy atom. The Balaban J connectivity index is 2.34. The fraction of sp³-hybridized carbons (Fsp3) is 0.182. The number of benzene rings is 1. The van der Waals surface area contributed by atoms with Crippen LogP contribution < -0.4 is 5.73 Å². The third kappa shape index (κ3) is 1.62. The van der Waals surface area contributed by atoms with Crippen molar-refractivity contribution in [1.29, 1.82) is 0 Å². The summed E-state index contributed by atoms with van der Waals surface area (Å²) in [5, 5.41) is 4.26. The number of hydrogen-bond donors (Lipinski definition) is 1. The van der Waals surface area contributed by atoms with Crippen LogP contribution in [-0.2, 0) is 6.42 Å². The second-order valence-electron chi connectivity index (χ2n) is 3.24. The molecular weight excluding hydrogens is 174 g/mol. The van der Waals surface area contributed by atoms with E-state index in [9.17, 15) is 0 Å². The lowest BCUT2D eigenvalue weighted by atomic mass is 10.3. The van der Waals surface area contributed by atoms with Gasteiger partial charge in [-0.3, -0.25) is 0 Å². The predicted octanol–water partition coefficient (Wildman–Crippen LogP) is 2.02. The van der Waals surface area contributed by atoms with Gasteiger partial charge in [-0.25, -0.2) is 4.68 Å². The molecule has 0 unspecified atom stereocenters. The molecule has 0 aliphatic rings. The summed E-state index contributed by atoms with van der Waals surface area (Å²) < 4.78 is 1.86. The van der Waals surface area contributed by atoms with E-state index < -0.39 is 0 Å². The molecule has 2 N–H and O–H groups in total. The van der Waals surface area contributed by atoms with Crippen molar-refractivity contribution in [3.05, 3.63) is 42.2 Å². The van der Waals surface area contributed by atoms with Gasteiger partial charge in [0, 0.05) is 11.9 Å². The van der Waals surface area contributed by atoms with Crippen molar-refractivity contribution in [3.63, 3.8) is 0 Å². The molecule has 0 bridgehead atoms. The van der Waals surface area contributed by atoms with Gasteiger partial charge in [-0.2, -0.15) is 5.10 Å². The van der Waals surface area contributed by atoms with Gasteiger partial charge in [0.25, 0.3) is 0 Å². The molecule has 3 nitrogen and oxygen atoms in total. The van der Waals surface area contributed by atoms with Crippen LogP contribution in [0.1, 0.15) is 12.5 Å². The third-order valence-corrected chi connectivity index (χ3v) is 2.20. The van der Waals surface area contributed by atoms with Gasteiger partial charge in [-0.05, 0) is 36.2 Å². The molecule has 0 aliphatic carbocycles. The molecule has 72 valence electrons. The highest BCUT2D eigenvalue weighted by Gasteiger charge is 1.98. The second kappa shape index (κ2) is 3.54. The Morgan fingerprint density at radius 1 is 1.29 bits per heavy atom. The van der Waals surface area contributed by atoms with Gasteiger partial charge in [0.15, 0.2) is 0 Å². The molecule has 0 saturated carbocycles. The van der Waals surface area contributed by atoms with Crippen LogP contribution in [0.2, 0.25) is 0 Å². The average Bonchev–Trinajstić information content (AvgIpc) is 2.67. The maximum Gasteiger partial charge on any atom is 0.0647 e. The quantitative estimate of drug-likeness (QED) is 0.731. The van der Waals surface area contributed by atoms with E-state index in [1.54, 1.807) is 0 Å². The maximum atomic E-state index is 5.61. The first-order chi connectivity index (χ1) is 6.79. The minimum absolute atomic E-state index is 0.775. The van der Waals surface area contributed by atoms with Gasteiger partial charge in [0.05, 0.1) is 11.9 Å². The highest BCUT2D eigenvalue weighted by molar-refractivity contribution is 5.44. The largest absolute Gasteiger partial charge is 0.399 e. The number of nitrogen functional groups attached to an aromatic ring is 1. The second-order valence-corrected chi connectivity index (χ2v) is 3.24. The molecule has 1 aromatic heterocycles. The van der Waals surface area contributed by atoms with Crippen molar-refractivity contribution in [1.82, 2.24) is 9.78 Å². The molecule has 1 heterocycles. The summed E-state index contributed by atoms with van der Waals surface area (Å²) in [5.41, 5.74) is 8.66. The minimum atomic E-state index is 0.775. The number of aryl methyl sites for hydroxylation is 1. The first-order valence-corrected chi connectivity index (χ1v) is 4.69. The summed E-state index contributed by atoms with van der Waals surface area (Å²) in [7, 11) is 0. The van der Waals surface area contributed by atoms with Crippen LogP contribution in [-0.4, -0.2) is 9.78 Å². The maximum absolute atomic E-state index is 5.61. The fourth-order valence-electron chi connectivity index (χ4n) is 1.31. The van der Waals surface area contributed by atoms with Crippen LogP contribution in [0.4, 0.5) is 5.69 Å². The fourth-order valence-corrected chi connectivity index (χ4v) is 1.31. The number of hydrogen-bond acceptors (Lipinski definition) is 2. The van der Waals surface area contributed by atoms with Crippen LogP contribution in [0.5, 0.6) is 0 Å². The zero-order chi connectivity index (χ0) is 9.97. The summed E-state index contributed by atoms with van der Waals surface area (Å²) in [6.45, 7) is 2.12. The number of anilines is 1. The summed E-state index contributed by atoms with van der Waals surface area (Å²) >= 11 is 0. The van der Waals surface area contributed by atoms with E-state index in [2.05, 4.69) is 12.0 Å². The highest BCUT2D eigenvalue weighted by Crippen LogP contribution is 2.10. The molecule has 0 radical (unpaired) electrons. The van der Waals surface area contributed by atoms with Crippen molar-refractivity contribution < 1.29 is 0 Å². The number of nitrogens with zero attached hydrogens (tertiary/aromatic N) is 2. The first-order valence-electron chi connectivity index (χ1n) is 4.69. The molecule has 0 amide bonds. The van der Waals surface area contributed by atoms with Crippen LogP contribution in [0.3, 0.4) is 0 Å². The lowest BCUT2D eigenvalue weighted by Gasteiger charge is -2.00. The Labute approximate surface area is 83.2 Å². The van der Waals surface area contributed by atoms with Gasteiger partial charge < -0.3 is 5.73 Å². The zero-order valence-corrected chi connectivity index (χ0v) is 8.14. The molecule has 0 fully saturated rings. The third-order valence-electron chi connectivity index (χ3n) is 2.20. The number of rotatable bonds is 2. The van der Waals surface area contributed by atoms with Gasteiger partial charge in [-0.1, -0.05) is 6.92 Å². The van der Waals surface area contributed by atoms with E-state index >= 15 is 0 Å². The molecular formula is C11H13N3. The van der Waals surface area contributed by atoms with Crippen molar-refractivity contribution >= 4 is 5.69 Å². The van der Waals surface area contributed by atoms with Crippen LogP contribution >= 0.6 is 0 Å².